The van der Waals surface area contributed by atoms with E-state index >= 15 is 0 Å². The molecule has 2 aliphatic rings. The monoisotopic (exact) mass is 918 g/mol. The van der Waals surface area contributed by atoms with Gasteiger partial charge in [-0.05, 0) is 77.6 Å². The standard InChI is InChI=1S/C27H33NO6.C27H33NO5/c1-19(21-13-9-6-10-14-21)28-18-27(15-23(29)30,25(32)34-26(2,3)4)22(24(28)31)17-33-16-20-11-7-5-8-12-20;1-20(22-13-9-6-10-14-22)28-19-27(15-16-29,25(31)33-26(2,3)4)23(24(28)30)18-32-17-21-11-7-5-8-12-21/h5-14,19,22H,15-18H2,1-4H3,(H,29,30);5-14,16,20,23H,15,17-19H2,1-4H3/t19-,22+,27-;20-,23+,27-/m11/s1. The molecule has 0 unspecified atom stereocenters. The fourth-order valence-corrected chi connectivity index (χ4v) is 8.67. The number of likely N-dealkylation sites (tertiary alicyclic amines) is 2. The van der Waals surface area contributed by atoms with Crippen molar-refractivity contribution in [1.82, 2.24) is 9.80 Å². The maximum absolute atomic E-state index is 13.7. The van der Waals surface area contributed by atoms with Crippen molar-refractivity contribution < 1.29 is 52.8 Å². The smallest absolute Gasteiger partial charge is 0.315 e. The van der Waals surface area contributed by atoms with Crippen LogP contribution in [-0.2, 0) is 60.9 Å². The Morgan fingerprint density at radius 2 is 0.955 bits per heavy atom. The lowest BCUT2D eigenvalue weighted by molar-refractivity contribution is -0.175. The molecule has 2 amide bonds. The number of carboxylic acids is 1. The van der Waals surface area contributed by atoms with Crippen LogP contribution in [0.4, 0.5) is 0 Å². The Labute approximate surface area is 394 Å². The highest BCUT2D eigenvalue weighted by Crippen LogP contribution is 2.47. The molecule has 67 heavy (non-hydrogen) atoms. The SMILES string of the molecule is C[C@H](c1ccccc1)N1C[C@@](CC(=O)O)(C(=O)OC(C)(C)C)[C@@H](COCc2ccccc2)C1=O.C[C@H](c1ccccc1)N1C[C@@](CC=O)(C(=O)OC(C)(C)C)[C@@H](COCc2ccccc2)C1=O. The van der Waals surface area contributed by atoms with Gasteiger partial charge < -0.3 is 38.6 Å². The van der Waals surface area contributed by atoms with Crippen LogP contribution in [0.2, 0.25) is 0 Å². The number of ether oxygens (including phenoxy) is 4. The predicted molar refractivity (Wildman–Crippen MR) is 252 cm³/mol. The molecule has 1 N–H and O–H groups in total. The van der Waals surface area contributed by atoms with Gasteiger partial charge in [-0.2, -0.15) is 0 Å². The summed E-state index contributed by atoms with van der Waals surface area (Å²) in [6.07, 6.45) is 0.0775. The van der Waals surface area contributed by atoms with Gasteiger partial charge in [0.25, 0.3) is 0 Å². The summed E-state index contributed by atoms with van der Waals surface area (Å²) in [4.78, 5) is 81.2. The van der Waals surface area contributed by atoms with Crippen molar-refractivity contribution in [1.29, 1.82) is 0 Å². The molecule has 0 saturated carbocycles. The molecule has 0 spiro atoms. The fraction of sp³-hybridized carbons (Fsp3) is 0.444. The topological polar surface area (TPSA) is 166 Å². The van der Waals surface area contributed by atoms with E-state index in [0.29, 0.717) is 12.9 Å². The summed E-state index contributed by atoms with van der Waals surface area (Å²) in [7, 11) is 0. The highest BCUT2D eigenvalue weighted by atomic mass is 16.6. The number of carbonyl (C=O) groups is 6. The van der Waals surface area contributed by atoms with Gasteiger partial charge in [0.1, 0.15) is 28.3 Å². The zero-order valence-corrected chi connectivity index (χ0v) is 40.0. The van der Waals surface area contributed by atoms with Gasteiger partial charge in [0.05, 0.1) is 56.8 Å². The lowest BCUT2D eigenvalue weighted by Gasteiger charge is -2.33. The predicted octanol–water partition coefficient (Wildman–Crippen LogP) is 8.57. The zero-order chi connectivity index (χ0) is 49.0. The van der Waals surface area contributed by atoms with Gasteiger partial charge in [0, 0.05) is 19.5 Å². The van der Waals surface area contributed by atoms with E-state index in [0.717, 1.165) is 22.3 Å². The number of rotatable bonds is 18. The molecule has 0 bridgehead atoms. The first-order chi connectivity index (χ1) is 31.7. The Kier molecular flexibility index (Phi) is 17.4. The Bertz CT molecular complexity index is 2280. The van der Waals surface area contributed by atoms with Crippen LogP contribution in [0.25, 0.3) is 0 Å². The maximum Gasteiger partial charge on any atom is 0.315 e. The molecule has 4 aromatic rings. The molecule has 0 aliphatic carbocycles. The maximum atomic E-state index is 13.7. The van der Waals surface area contributed by atoms with E-state index in [4.69, 9.17) is 18.9 Å². The third-order valence-corrected chi connectivity index (χ3v) is 12.2. The molecular formula is C54H66N2O11. The summed E-state index contributed by atoms with van der Waals surface area (Å²) in [5.41, 5.74) is -0.694. The van der Waals surface area contributed by atoms with Gasteiger partial charge in [-0.1, -0.05) is 121 Å². The first-order valence-electron chi connectivity index (χ1n) is 22.8. The van der Waals surface area contributed by atoms with Gasteiger partial charge in [0.15, 0.2) is 0 Å². The average Bonchev–Trinajstić information content (AvgIpc) is 3.73. The number of carboxylic acid groups (broad SMARTS) is 1. The second-order valence-electron chi connectivity index (χ2n) is 19.5. The van der Waals surface area contributed by atoms with Gasteiger partial charge in [-0.3, -0.25) is 24.0 Å². The summed E-state index contributed by atoms with van der Waals surface area (Å²) < 4.78 is 23.2. The van der Waals surface area contributed by atoms with Crippen LogP contribution in [-0.4, -0.2) is 88.4 Å². The molecule has 0 radical (unpaired) electrons. The van der Waals surface area contributed by atoms with Crippen molar-refractivity contribution in [3.8, 4) is 0 Å². The quantitative estimate of drug-likeness (QED) is 0.0751. The van der Waals surface area contributed by atoms with E-state index in [1.165, 1.54) is 0 Å². The Morgan fingerprint density at radius 3 is 1.31 bits per heavy atom. The number of benzene rings is 4. The molecule has 6 rings (SSSR count). The molecular weight excluding hydrogens is 853 g/mol. The number of amides is 2. The Balaban J connectivity index is 0.000000251. The van der Waals surface area contributed by atoms with Crippen molar-refractivity contribution >= 4 is 36.0 Å². The molecule has 2 heterocycles. The summed E-state index contributed by atoms with van der Waals surface area (Å²) in [5.74, 6) is -4.69. The molecule has 358 valence electrons. The first kappa shape index (κ1) is 51.8. The van der Waals surface area contributed by atoms with E-state index in [1.807, 2.05) is 135 Å². The number of hydrogen-bond donors (Lipinski definition) is 1. The number of nitrogens with zero attached hydrogens (tertiary/aromatic N) is 2. The molecule has 6 atom stereocenters. The fourth-order valence-electron chi connectivity index (χ4n) is 8.67. The van der Waals surface area contributed by atoms with Crippen molar-refractivity contribution in [2.24, 2.45) is 22.7 Å². The minimum absolute atomic E-state index is 0.0266. The third-order valence-electron chi connectivity index (χ3n) is 12.2. The highest BCUT2D eigenvalue weighted by molar-refractivity contribution is 5.95. The van der Waals surface area contributed by atoms with Gasteiger partial charge in [-0.25, -0.2) is 0 Å². The van der Waals surface area contributed by atoms with E-state index in [-0.39, 0.29) is 63.2 Å². The van der Waals surface area contributed by atoms with E-state index in [2.05, 4.69) is 0 Å². The number of esters is 2. The molecule has 13 heteroatoms. The van der Waals surface area contributed by atoms with E-state index < -0.39 is 58.2 Å². The minimum Gasteiger partial charge on any atom is -0.481 e. The second-order valence-corrected chi connectivity index (χ2v) is 19.5. The van der Waals surface area contributed by atoms with Crippen LogP contribution in [0.15, 0.2) is 121 Å². The zero-order valence-electron chi connectivity index (χ0n) is 40.0. The Hall–Kier alpha value is -6.18. The van der Waals surface area contributed by atoms with Crippen LogP contribution < -0.4 is 0 Å². The lowest BCUT2D eigenvalue weighted by Crippen LogP contribution is -2.46. The van der Waals surface area contributed by atoms with Gasteiger partial charge in [-0.15, -0.1) is 0 Å². The molecule has 2 saturated heterocycles. The first-order valence-corrected chi connectivity index (χ1v) is 22.8. The molecule has 0 aromatic heterocycles. The highest BCUT2D eigenvalue weighted by Gasteiger charge is 2.61. The number of hydrogen-bond acceptors (Lipinski definition) is 10. The largest absolute Gasteiger partial charge is 0.481 e. The minimum atomic E-state index is -1.56. The summed E-state index contributed by atoms with van der Waals surface area (Å²) >= 11 is 0. The molecule has 4 aromatic carbocycles. The van der Waals surface area contributed by atoms with Crippen molar-refractivity contribution in [3.05, 3.63) is 144 Å². The van der Waals surface area contributed by atoms with Crippen molar-refractivity contribution in [2.45, 2.75) is 105 Å². The number of carbonyl (C=O) groups excluding carboxylic acids is 5. The average molecular weight is 919 g/mol. The van der Waals surface area contributed by atoms with Gasteiger partial charge >= 0.3 is 17.9 Å². The summed E-state index contributed by atoms with van der Waals surface area (Å²) in [6.45, 7) is 14.9. The molecule has 2 aliphatic heterocycles. The number of aliphatic carboxylic acids is 1. The van der Waals surface area contributed by atoms with Crippen LogP contribution in [0.3, 0.4) is 0 Å². The van der Waals surface area contributed by atoms with Crippen LogP contribution in [0, 0.1) is 22.7 Å². The normalized spacial score (nSPS) is 21.5. The molecule has 2 fully saturated rings. The summed E-state index contributed by atoms with van der Waals surface area (Å²) in [6, 6.07) is 37.6. The number of aldehydes is 1. The third kappa shape index (κ3) is 13.3. The molecule has 13 nitrogen and oxygen atoms in total. The summed E-state index contributed by atoms with van der Waals surface area (Å²) in [5, 5.41) is 9.76. The van der Waals surface area contributed by atoms with Crippen molar-refractivity contribution in [3.63, 3.8) is 0 Å². The Morgan fingerprint density at radius 1 is 0.612 bits per heavy atom. The van der Waals surface area contributed by atoms with E-state index in [1.54, 1.807) is 51.3 Å². The van der Waals surface area contributed by atoms with Gasteiger partial charge in [0.2, 0.25) is 11.8 Å². The van der Waals surface area contributed by atoms with Crippen molar-refractivity contribution in [2.75, 3.05) is 26.3 Å². The van der Waals surface area contributed by atoms with E-state index in [9.17, 15) is 33.9 Å². The van der Waals surface area contributed by atoms with Crippen LogP contribution >= 0.6 is 0 Å². The van der Waals surface area contributed by atoms with Crippen LogP contribution in [0.5, 0.6) is 0 Å². The lowest BCUT2D eigenvalue weighted by atomic mass is 9.75. The van der Waals surface area contributed by atoms with Crippen LogP contribution in [0.1, 0.15) is 103 Å². The second kappa shape index (κ2) is 22.5.